The zero-order valence-corrected chi connectivity index (χ0v) is 16.6. The van der Waals surface area contributed by atoms with Crippen molar-refractivity contribution in [1.82, 2.24) is 19.7 Å². The van der Waals surface area contributed by atoms with Gasteiger partial charge in [-0.05, 0) is 52.2 Å². The van der Waals surface area contributed by atoms with Crippen molar-refractivity contribution in [3.63, 3.8) is 0 Å². The fraction of sp³-hybridized carbons (Fsp3) is 0.842. The Kier molecular flexibility index (Phi) is 5.64. The maximum atomic E-state index is 11.2. The van der Waals surface area contributed by atoms with Crippen molar-refractivity contribution in [2.45, 2.75) is 56.4 Å². The number of β-amino-alcohol motifs (C(OH)–C–C–N with tert-alkyl or cyclic N) is 1. The van der Waals surface area contributed by atoms with E-state index in [9.17, 15) is 10.2 Å². The smallest absolute Gasteiger partial charge is 0.110 e. The molecule has 0 spiro atoms. The van der Waals surface area contributed by atoms with Crippen LogP contribution in [0.1, 0.15) is 42.8 Å². The normalized spacial score (nSPS) is 29.4. The zero-order valence-electron chi connectivity index (χ0n) is 15.8. The monoisotopic (exact) mass is 380 g/mol. The molecule has 0 saturated carbocycles. The predicted octanol–water partition coefficient (Wildman–Crippen LogP) is 1.09. The van der Waals surface area contributed by atoms with E-state index in [2.05, 4.69) is 21.7 Å². The average molecular weight is 381 g/mol. The molecule has 3 aliphatic rings. The molecule has 4 rings (SSSR count). The first-order valence-corrected chi connectivity index (χ1v) is 10.9. The van der Waals surface area contributed by atoms with Gasteiger partial charge in [-0.1, -0.05) is 0 Å². The number of aromatic nitrogens is 1. The summed E-state index contributed by atoms with van der Waals surface area (Å²) in [6.07, 6.45) is 4.72. The maximum Gasteiger partial charge on any atom is 0.110 e. The summed E-state index contributed by atoms with van der Waals surface area (Å²) in [5.41, 5.74) is 0.0987. The van der Waals surface area contributed by atoms with Gasteiger partial charge in [0.25, 0.3) is 0 Å². The molecule has 0 aliphatic carbocycles. The van der Waals surface area contributed by atoms with Gasteiger partial charge in [0, 0.05) is 37.6 Å². The third-order valence-corrected chi connectivity index (χ3v) is 7.30. The van der Waals surface area contributed by atoms with E-state index in [1.54, 1.807) is 11.3 Å². The summed E-state index contributed by atoms with van der Waals surface area (Å²) in [4.78, 5) is 12.0. The van der Waals surface area contributed by atoms with Gasteiger partial charge in [-0.2, -0.15) is 0 Å². The molecule has 146 valence electrons. The number of likely N-dealkylation sites (tertiary alicyclic amines) is 3. The quantitative estimate of drug-likeness (QED) is 0.815. The van der Waals surface area contributed by atoms with E-state index in [1.807, 2.05) is 5.38 Å². The average Bonchev–Trinajstić information content (AvgIpc) is 3.26. The molecule has 1 atom stereocenters. The summed E-state index contributed by atoms with van der Waals surface area (Å²) in [6, 6.07) is 0.684. The van der Waals surface area contributed by atoms with Crippen molar-refractivity contribution in [3.8, 4) is 0 Å². The molecular formula is C19H32N4O2S. The number of hydrogen-bond donors (Lipinski definition) is 2. The molecule has 0 bridgehead atoms. The number of thiazole rings is 1. The van der Waals surface area contributed by atoms with E-state index in [1.165, 1.54) is 25.9 Å². The second kappa shape index (κ2) is 7.81. The summed E-state index contributed by atoms with van der Waals surface area (Å²) in [6.45, 7) is 6.78. The molecule has 3 aliphatic heterocycles. The Morgan fingerprint density at radius 1 is 1.15 bits per heavy atom. The topological polar surface area (TPSA) is 63.1 Å². The van der Waals surface area contributed by atoms with Gasteiger partial charge < -0.3 is 20.0 Å². The van der Waals surface area contributed by atoms with Crippen LogP contribution in [0.15, 0.2) is 5.38 Å². The van der Waals surface area contributed by atoms with Gasteiger partial charge in [-0.3, -0.25) is 4.90 Å². The van der Waals surface area contributed by atoms with Gasteiger partial charge in [0.2, 0.25) is 0 Å². The van der Waals surface area contributed by atoms with Gasteiger partial charge in [0.1, 0.15) is 10.6 Å². The van der Waals surface area contributed by atoms with Crippen LogP contribution in [0.3, 0.4) is 0 Å². The summed E-state index contributed by atoms with van der Waals surface area (Å²) in [5, 5.41) is 23.9. The highest BCUT2D eigenvalue weighted by Gasteiger charge is 2.38. The molecule has 3 saturated heterocycles. The predicted molar refractivity (Wildman–Crippen MR) is 103 cm³/mol. The number of aliphatic hydroxyl groups excluding tert-OH is 1. The van der Waals surface area contributed by atoms with Gasteiger partial charge in [-0.25, -0.2) is 4.98 Å². The molecule has 26 heavy (non-hydrogen) atoms. The SMILES string of the molecule is CN1CCC(N2CCC(O)(c3csc(CN4CCC(O)C4)n3)CC2)CC1. The molecule has 3 fully saturated rings. The van der Waals surface area contributed by atoms with Gasteiger partial charge in [-0.15, -0.1) is 11.3 Å². The third kappa shape index (κ3) is 4.13. The lowest BCUT2D eigenvalue weighted by Crippen LogP contribution is -2.50. The van der Waals surface area contributed by atoms with Crippen LogP contribution in [-0.2, 0) is 12.1 Å². The van der Waals surface area contributed by atoms with Crippen LogP contribution < -0.4 is 0 Å². The second-order valence-corrected chi connectivity index (χ2v) is 9.35. The van der Waals surface area contributed by atoms with E-state index >= 15 is 0 Å². The molecular weight excluding hydrogens is 348 g/mol. The van der Waals surface area contributed by atoms with Gasteiger partial charge >= 0.3 is 0 Å². The highest BCUT2D eigenvalue weighted by atomic mass is 32.1. The zero-order chi connectivity index (χ0) is 18.1. The van der Waals surface area contributed by atoms with E-state index in [0.29, 0.717) is 6.04 Å². The number of aliphatic hydroxyl groups is 2. The molecule has 0 aromatic carbocycles. The molecule has 1 aromatic rings. The Balaban J connectivity index is 1.32. The van der Waals surface area contributed by atoms with Crippen molar-refractivity contribution in [2.24, 2.45) is 0 Å². The first kappa shape index (κ1) is 18.8. The van der Waals surface area contributed by atoms with Crippen LogP contribution in [0.5, 0.6) is 0 Å². The first-order valence-electron chi connectivity index (χ1n) is 10.0. The van der Waals surface area contributed by atoms with Crippen molar-refractivity contribution in [1.29, 1.82) is 0 Å². The summed E-state index contributed by atoms with van der Waals surface area (Å²) < 4.78 is 0. The number of nitrogens with zero attached hydrogens (tertiary/aromatic N) is 4. The minimum atomic E-state index is -0.763. The Hall–Kier alpha value is -0.570. The minimum Gasteiger partial charge on any atom is -0.392 e. The Bertz CT molecular complexity index is 594. The number of rotatable bonds is 4. The molecule has 4 heterocycles. The molecule has 0 amide bonds. The fourth-order valence-corrected chi connectivity index (χ4v) is 5.55. The second-order valence-electron chi connectivity index (χ2n) is 8.41. The fourth-order valence-electron chi connectivity index (χ4n) is 4.62. The van der Waals surface area contributed by atoms with Crippen LogP contribution in [0.2, 0.25) is 0 Å². The molecule has 0 radical (unpaired) electrons. The maximum absolute atomic E-state index is 11.2. The summed E-state index contributed by atoms with van der Waals surface area (Å²) in [7, 11) is 2.20. The van der Waals surface area contributed by atoms with Gasteiger partial charge in [0.05, 0.1) is 18.3 Å². The number of hydrogen-bond acceptors (Lipinski definition) is 7. The lowest BCUT2D eigenvalue weighted by molar-refractivity contribution is -0.0440. The Morgan fingerprint density at radius 3 is 2.54 bits per heavy atom. The van der Waals surface area contributed by atoms with Crippen LogP contribution in [0.4, 0.5) is 0 Å². The molecule has 1 aromatic heterocycles. The van der Waals surface area contributed by atoms with E-state index in [-0.39, 0.29) is 6.10 Å². The standard InChI is InChI=1S/C19H32N4O2S/c1-21-7-2-15(3-8-21)23-10-5-19(25,6-11-23)17-14-26-18(20-17)13-22-9-4-16(24)12-22/h14-16,24-25H,2-13H2,1H3. The van der Waals surface area contributed by atoms with Crippen LogP contribution >= 0.6 is 11.3 Å². The number of piperidine rings is 2. The van der Waals surface area contributed by atoms with Crippen molar-refractivity contribution in [2.75, 3.05) is 46.3 Å². The largest absolute Gasteiger partial charge is 0.392 e. The van der Waals surface area contributed by atoms with Crippen molar-refractivity contribution in [3.05, 3.63) is 16.1 Å². The molecule has 6 nitrogen and oxygen atoms in total. The lowest BCUT2D eigenvalue weighted by Gasteiger charge is -2.43. The van der Waals surface area contributed by atoms with Crippen LogP contribution in [0.25, 0.3) is 0 Å². The summed E-state index contributed by atoms with van der Waals surface area (Å²) in [5.74, 6) is 0. The van der Waals surface area contributed by atoms with Crippen LogP contribution in [-0.4, -0.2) is 88.4 Å². The van der Waals surface area contributed by atoms with E-state index < -0.39 is 5.60 Å². The van der Waals surface area contributed by atoms with Gasteiger partial charge in [0.15, 0.2) is 0 Å². The highest BCUT2D eigenvalue weighted by molar-refractivity contribution is 7.09. The highest BCUT2D eigenvalue weighted by Crippen LogP contribution is 2.35. The minimum absolute atomic E-state index is 0.192. The van der Waals surface area contributed by atoms with Crippen molar-refractivity contribution >= 4 is 11.3 Å². The van der Waals surface area contributed by atoms with Crippen molar-refractivity contribution < 1.29 is 10.2 Å². The summed E-state index contributed by atoms with van der Waals surface area (Å²) >= 11 is 1.65. The Labute approximate surface area is 160 Å². The van der Waals surface area contributed by atoms with E-state index in [4.69, 9.17) is 4.98 Å². The lowest BCUT2D eigenvalue weighted by atomic mass is 9.87. The molecule has 7 heteroatoms. The first-order chi connectivity index (χ1) is 12.5. The van der Waals surface area contributed by atoms with E-state index in [0.717, 1.165) is 62.7 Å². The third-order valence-electron chi connectivity index (χ3n) is 6.46. The molecule has 2 N–H and O–H groups in total. The van der Waals surface area contributed by atoms with Crippen LogP contribution in [0, 0.1) is 0 Å². The Morgan fingerprint density at radius 2 is 1.88 bits per heavy atom. The molecule has 1 unspecified atom stereocenters.